The van der Waals surface area contributed by atoms with Crippen molar-refractivity contribution in [1.82, 2.24) is 0 Å². The molecule has 1 aliphatic heterocycles. The van der Waals surface area contributed by atoms with Crippen molar-refractivity contribution in [1.29, 1.82) is 0 Å². The van der Waals surface area contributed by atoms with E-state index in [0.29, 0.717) is 17.1 Å². The lowest BCUT2D eigenvalue weighted by Gasteiger charge is -2.16. The van der Waals surface area contributed by atoms with Crippen LogP contribution >= 0.6 is 11.6 Å². The van der Waals surface area contributed by atoms with E-state index in [1.807, 2.05) is 19.9 Å². The van der Waals surface area contributed by atoms with E-state index in [1.54, 1.807) is 48.5 Å². The highest BCUT2D eigenvalue weighted by atomic mass is 35.5. The van der Waals surface area contributed by atoms with Crippen molar-refractivity contribution in [2.75, 3.05) is 22.6 Å². The Kier molecular flexibility index (Phi) is 6.89. The van der Waals surface area contributed by atoms with E-state index < -0.39 is 23.7 Å². The van der Waals surface area contributed by atoms with Crippen molar-refractivity contribution in [3.8, 4) is 0 Å². The molecular formula is C27H22ClN3O5. The maximum absolute atomic E-state index is 13.1. The number of hydrogen-bond donors (Lipinski definition) is 2. The molecule has 1 aliphatic rings. The number of esters is 1. The normalized spacial score (nSPS) is 13.2. The van der Waals surface area contributed by atoms with E-state index >= 15 is 0 Å². The molecular weight excluding hydrogens is 482 g/mol. The minimum atomic E-state index is -0.637. The Bertz CT molecular complexity index is 1430. The summed E-state index contributed by atoms with van der Waals surface area (Å²) in [4.78, 5) is 51.8. The predicted molar refractivity (Wildman–Crippen MR) is 137 cm³/mol. The second-order valence-corrected chi connectivity index (χ2v) is 8.56. The molecule has 3 aromatic rings. The molecule has 8 nitrogen and oxygen atoms in total. The van der Waals surface area contributed by atoms with Gasteiger partial charge in [-0.3, -0.25) is 14.4 Å². The maximum Gasteiger partial charge on any atom is 0.339 e. The van der Waals surface area contributed by atoms with E-state index in [-0.39, 0.29) is 21.9 Å². The molecule has 0 aromatic heterocycles. The molecule has 1 heterocycles. The first-order valence-corrected chi connectivity index (χ1v) is 11.3. The van der Waals surface area contributed by atoms with E-state index in [9.17, 15) is 19.2 Å². The zero-order chi connectivity index (χ0) is 26.0. The summed E-state index contributed by atoms with van der Waals surface area (Å²) < 4.78 is 4.76. The number of nitrogens with one attached hydrogen (secondary N) is 2. The predicted octanol–water partition coefficient (Wildman–Crippen LogP) is 4.78. The van der Waals surface area contributed by atoms with E-state index in [4.69, 9.17) is 16.3 Å². The molecule has 0 aliphatic carbocycles. The zero-order valence-corrected chi connectivity index (χ0v) is 20.5. The number of nitrogens with zero attached hydrogens (tertiary/aromatic N) is 1. The number of amides is 3. The summed E-state index contributed by atoms with van der Waals surface area (Å²) in [7, 11) is 1.26. The topological polar surface area (TPSA) is 105 Å². The van der Waals surface area contributed by atoms with Gasteiger partial charge >= 0.3 is 5.97 Å². The Labute approximate surface area is 212 Å². The highest BCUT2D eigenvalue weighted by Crippen LogP contribution is 2.31. The lowest BCUT2D eigenvalue weighted by atomic mass is 10.1. The molecule has 0 atom stereocenters. The Balaban J connectivity index is 1.56. The van der Waals surface area contributed by atoms with Gasteiger partial charge in [-0.15, -0.1) is 0 Å². The summed E-state index contributed by atoms with van der Waals surface area (Å²) in [5.74, 6) is -2.30. The van der Waals surface area contributed by atoms with Crippen LogP contribution in [0.15, 0.2) is 77.5 Å². The molecule has 182 valence electrons. The Hall–Kier alpha value is -4.43. The molecule has 3 aromatic carbocycles. The number of imide groups is 1. The summed E-state index contributed by atoms with van der Waals surface area (Å²) >= 11 is 6.25. The summed E-state index contributed by atoms with van der Waals surface area (Å²) in [6.45, 7) is 3.74. The lowest BCUT2D eigenvalue weighted by Crippen LogP contribution is -2.32. The number of carbonyl (C=O) groups is 4. The molecule has 0 radical (unpaired) electrons. The number of carbonyl (C=O) groups excluding carboxylic acids is 4. The molecule has 0 saturated heterocycles. The smallest absolute Gasteiger partial charge is 0.339 e. The summed E-state index contributed by atoms with van der Waals surface area (Å²) in [5.41, 5.74) is 3.26. The van der Waals surface area contributed by atoms with Gasteiger partial charge in [0.05, 0.1) is 24.0 Å². The van der Waals surface area contributed by atoms with Gasteiger partial charge < -0.3 is 15.4 Å². The van der Waals surface area contributed by atoms with Crippen LogP contribution in [0, 0.1) is 13.8 Å². The number of benzene rings is 3. The first-order chi connectivity index (χ1) is 17.2. The number of methoxy groups -OCH3 is 1. The van der Waals surface area contributed by atoms with Gasteiger partial charge in [-0.25, -0.2) is 9.69 Å². The van der Waals surface area contributed by atoms with Crippen molar-refractivity contribution < 1.29 is 23.9 Å². The van der Waals surface area contributed by atoms with Crippen LogP contribution in [0.4, 0.5) is 17.1 Å². The molecule has 9 heteroatoms. The molecule has 0 bridgehead atoms. The van der Waals surface area contributed by atoms with Crippen LogP contribution in [0.1, 0.15) is 31.8 Å². The van der Waals surface area contributed by atoms with Crippen molar-refractivity contribution in [2.45, 2.75) is 13.8 Å². The second-order valence-electron chi connectivity index (χ2n) is 8.18. The van der Waals surface area contributed by atoms with Crippen molar-refractivity contribution in [2.24, 2.45) is 0 Å². The van der Waals surface area contributed by atoms with Gasteiger partial charge in [0.1, 0.15) is 10.7 Å². The highest BCUT2D eigenvalue weighted by Gasteiger charge is 2.39. The molecule has 0 unspecified atom stereocenters. The monoisotopic (exact) mass is 503 g/mol. The molecule has 0 spiro atoms. The molecule has 2 N–H and O–H groups in total. The van der Waals surface area contributed by atoms with Crippen LogP contribution in [-0.2, 0) is 14.3 Å². The van der Waals surface area contributed by atoms with Crippen LogP contribution in [0.5, 0.6) is 0 Å². The molecule has 0 saturated carbocycles. The van der Waals surface area contributed by atoms with E-state index in [2.05, 4.69) is 10.6 Å². The quantitative estimate of drug-likeness (QED) is 0.370. The van der Waals surface area contributed by atoms with Gasteiger partial charge in [0.25, 0.3) is 17.7 Å². The van der Waals surface area contributed by atoms with Gasteiger partial charge in [-0.1, -0.05) is 35.9 Å². The van der Waals surface area contributed by atoms with Crippen LogP contribution in [0.2, 0.25) is 0 Å². The third kappa shape index (κ3) is 4.85. The number of hydrogen-bond acceptors (Lipinski definition) is 6. The summed E-state index contributed by atoms with van der Waals surface area (Å²) in [6.07, 6.45) is 0. The first kappa shape index (κ1) is 24.7. The van der Waals surface area contributed by atoms with Crippen LogP contribution in [0.25, 0.3) is 0 Å². The third-order valence-electron chi connectivity index (χ3n) is 5.47. The summed E-state index contributed by atoms with van der Waals surface area (Å²) in [5, 5.41) is 5.32. The molecule has 36 heavy (non-hydrogen) atoms. The molecule has 4 rings (SSSR count). The fourth-order valence-electron chi connectivity index (χ4n) is 3.88. The average molecular weight is 504 g/mol. The number of para-hydroxylation sites is 1. The third-order valence-corrected chi connectivity index (χ3v) is 5.82. The van der Waals surface area contributed by atoms with Gasteiger partial charge in [0, 0.05) is 11.3 Å². The fraction of sp³-hybridized carbons (Fsp3) is 0.111. The minimum absolute atomic E-state index is 0.0885. The number of aryl methyl sites for hydroxylation is 2. The van der Waals surface area contributed by atoms with Gasteiger partial charge in [-0.05, 0) is 67.4 Å². The highest BCUT2D eigenvalue weighted by molar-refractivity contribution is 6.53. The zero-order valence-electron chi connectivity index (χ0n) is 19.7. The van der Waals surface area contributed by atoms with Crippen molar-refractivity contribution in [3.05, 3.63) is 99.7 Å². The van der Waals surface area contributed by atoms with Crippen molar-refractivity contribution in [3.63, 3.8) is 0 Å². The fourth-order valence-corrected chi connectivity index (χ4v) is 4.10. The van der Waals surface area contributed by atoms with Crippen LogP contribution in [0.3, 0.4) is 0 Å². The van der Waals surface area contributed by atoms with Gasteiger partial charge in [0.15, 0.2) is 0 Å². The number of anilines is 3. The Morgan fingerprint density at radius 3 is 2.28 bits per heavy atom. The van der Waals surface area contributed by atoms with Gasteiger partial charge in [0.2, 0.25) is 0 Å². The average Bonchev–Trinajstić information content (AvgIpc) is 3.06. The molecule has 3 amide bonds. The first-order valence-electron chi connectivity index (χ1n) is 10.9. The second kappa shape index (κ2) is 10.1. The number of rotatable bonds is 6. The van der Waals surface area contributed by atoms with Crippen molar-refractivity contribution >= 4 is 52.4 Å². The van der Waals surface area contributed by atoms with E-state index in [1.165, 1.54) is 19.2 Å². The van der Waals surface area contributed by atoms with Crippen LogP contribution < -0.4 is 15.5 Å². The lowest BCUT2D eigenvalue weighted by molar-refractivity contribution is -0.120. The largest absolute Gasteiger partial charge is 0.465 e. The summed E-state index contributed by atoms with van der Waals surface area (Å²) in [6, 6.07) is 18.2. The Morgan fingerprint density at radius 2 is 1.58 bits per heavy atom. The van der Waals surface area contributed by atoms with Gasteiger partial charge in [-0.2, -0.15) is 0 Å². The van der Waals surface area contributed by atoms with E-state index in [0.717, 1.165) is 16.0 Å². The molecule has 0 fully saturated rings. The maximum atomic E-state index is 13.1. The Morgan fingerprint density at radius 1 is 0.889 bits per heavy atom. The number of ether oxygens (including phenoxy) is 1. The van der Waals surface area contributed by atoms with Crippen LogP contribution in [-0.4, -0.2) is 30.8 Å². The number of halogens is 1. The SMILES string of the molecule is COC(=O)c1ccccc1NC(=O)c1cccc(NC2=C(Cl)C(=O)N(c3cc(C)cc(C)c3)C2=O)c1. The standard InChI is InChI=1S/C27H22ClN3O5/c1-15-11-16(2)13-19(12-15)31-25(33)22(28)23(26(31)34)29-18-8-6-7-17(14-18)24(32)30-21-10-5-4-9-20(21)27(35)36-3/h4-14,29H,1-3H3,(H,30,32). The minimum Gasteiger partial charge on any atom is -0.465 e.